The number of hydrogen-bond acceptors (Lipinski definition) is 2. The molecule has 1 aromatic carbocycles. The summed E-state index contributed by atoms with van der Waals surface area (Å²) in [4.78, 5) is 26.5. The third-order valence-electron chi connectivity index (χ3n) is 3.36. The number of piperazine rings is 1. The molecule has 6 heteroatoms. The Morgan fingerprint density at radius 2 is 1.67 bits per heavy atom. The average Bonchev–Trinajstić information content (AvgIpc) is 2.49. The van der Waals surface area contributed by atoms with E-state index in [-0.39, 0.29) is 17.8 Å². The van der Waals surface area contributed by atoms with Crippen LogP contribution in [-0.4, -0.2) is 47.9 Å². The highest BCUT2D eigenvalue weighted by Crippen LogP contribution is 2.05. The third kappa shape index (κ3) is 4.30. The minimum absolute atomic E-state index is 0.0336. The van der Waals surface area contributed by atoms with Gasteiger partial charge in [0.15, 0.2) is 0 Å². The molecule has 0 radical (unpaired) electrons. The van der Waals surface area contributed by atoms with E-state index >= 15 is 0 Å². The summed E-state index contributed by atoms with van der Waals surface area (Å²) < 4.78 is 12.7. The maximum atomic E-state index is 12.7. The van der Waals surface area contributed by atoms with Crippen LogP contribution < -0.4 is 5.32 Å². The largest absolute Gasteiger partial charge is 0.339 e. The van der Waals surface area contributed by atoms with E-state index in [2.05, 4.69) is 5.32 Å². The lowest BCUT2D eigenvalue weighted by molar-refractivity contribution is -0.130. The lowest BCUT2D eigenvalue weighted by Gasteiger charge is -2.33. The normalized spacial score (nSPS) is 15.3. The maximum Gasteiger partial charge on any atom is 0.321 e. The first-order valence-corrected chi connectivity index (χ1v) is 6.79. The number of carbonyl (C=O) groups is 2. The van der Waals surface area contributed by atoms with Gasteiger partial charge in [-0.1, -0.05) is 12.1 Å². The van der Waals surface area contributed by atoms with Gasteiger partial charge in [0.25, 0.3) is 0 Å². The van der Waals surface area contributed by atoms with E-state index < -0.39 is 0 Å². The number of amides is 3. The Bertz CT molecular complexity index is 534. The number of carbonyl (C=O) groups excluding carboxylic acids is 2. The molecule has 0 spiro atoms. The first-order chi connectivity index (χ1) is 10.1. The second kappa shape index (κ2) is 6.88. The molecule has 1 aliphatic heterocycles. The molecule has 3 amide bonds. The summed E-state index contributed by atoms with van der Waals surface area (Å²) in [6.45, 7) is 3.70. The molecular weight excluding hydrogens is 273 g/mol. The van der Waals surface area contributed by atoms with Crippen molar-refractivity contribution >= 4 is 18.0 Å². The number of hydrogen-bond donors (Lipinski definition) is 1. The highest BCUT2D eigenvalue weighted by atomic mass is 19.1. The van der Waals surface area contributed by atoms with Gasteiger partial charge in [-0.25, -0.2) is 9.18 Å². The maximum absolute atomic E-state index is 12.7. The van der Waals surface area contributed by atoms with Crippen LogP contribution in [0.1, 0.15) is 12.5 Å². The summed E-state index contributed by atoms with van der Waals surface area (Å²) in [5, 5.41) is 2.67. The van der Waals surface area contributed by atoms with Gasteiger partial charge >= 0.3 is 6.03 Å². The van der Waals surface area contributed by atoms with Crippen LogP contribution in [0.3, 0.4) is 0 Å². The number of nitrogens with one attached hydrogen (secondary N) is 1. The first kappa shape index (κ1) is 15.0. The fourth-order valence-corrected chi connectivity index (χ4v) is 2.10. The van der Waals surface area contributed by atoms with Crippen LogP contribution in [0.2, 0.25) is 0 Å². The van der Waals surface area contributed by atoms with Crippen molar-refractivity contribution in [2.45, 2.75) is 6.92 Å². The second-order valence-corrected chi connectivity index (χ2v) is 4.83. The monoisotopic (exact) mass is 291 g/mol. The van der Waals surface area contributed by atoms with E-state index in [9.17, 15) is 14.0 Å². The van der Waals surface area contributed by atoms with Crippen molar-refractivity contribution < 1.29 is 14.0 Å². The highest BCUT2D eigenvalue weighted by Gasteiger charge is 2.21. The van der Waals surface area contributed by atoms with Gasteiger partial charge in [-0.3, -0.25) is 4.79 Å². The number of urea groups is 1. The first-order valence-electron chi connectivity index (χ1n) is 6.79. The van der Waals surface area contributed by atoms with Crippen LogP contribution in [-0.2, 0) is 4.79 Å². The zero-order valence-electron chi connectivity index (χ0n) is 11.9. The fraction of sp³-hybridized carbons (Fsp3) is 0.333. The predicted molar refractivity (Wildman–Crippen MR) is 77.8 cm³/mol. The van der Waals surface area contributed by atoms with Gasteiger partial charge in [0.1, 0.15) is 5.82 Å². The van der Waals surface area contributed by atoms with Crippen molar-refractivity contribution in [2.24, 2.45) is 0 Å². The molecule has 1 fully saturated rings. The van der Waals surface area contributed by atoms with Gasteiger partial charge in [0.05, 0.1) is 0 Å². The van der Waals surface area contributed by atoms with Gasteiger partial charge in [-0.15, -0.1) is 0 Å². The summed E-state index contributed by atoms with van der Waals surface area (Å²) in [5.74, 6) is -0.259. The van der Waals surface area contributed by atoms with Gasteiger partial charge in [-0.05, 0) is 23.8 Å². The average molecular weight is 291 g/mol. The number of halogens is 1. The summed E-state index contributed by atoms with van der Waals surface area (Å²) in [6.07, 6.45) is 3.23. The standard InChI is InChI=1S/C15H18FN3O2/c1-12(20)18-8-10-19(11-9-18)15(21)17-7-6-13-2-4-14(16)5-3-13/h2-7H,8-11H2,1H3,(H,17,21)/b7-6+. The Morgan fingerprint density at radius 1 is 1.10 bits per heavy atom. The molecule has 0 saturated carbocycles. The molecule has 0 unspecified atom stereocenters. The lowest BCUT2D eigenvalue weighted by Crippen LogP contribution is -2.52. The summed E-state index contributed by atoms with van der Waals surface area (Å²) in [7, 11) is 0. The number of rotatable bonds is 2. The minimum Gasteiger partial charge on any atom is -0.339 e. The SMILES string of the molecule is CC(=O)N1CCN(C(=O)N/C=C/c2ccc(F)cc2)CC1. The van der Waals surface area contributed by atoms with Crippen molar-refractivity contribution in [3.05, 3.63) is 41.8 Å². The number of benzene rings is 1. The van der Waals surface area contributed by atoms with Crippen molar-refractivity contribution in [3.8, 4) is 0 Å². The Balaban J connectivity index is 1.80. The molecule has 0 aliphatic carbocycles. The topological polar surface area (TPSA) is 52.7 Å². The van der Waals surface area contributed by atoms with E-state index in [1.54, 1.807) is 28.0 Å². The Labute approximate surface area is 123 Å². The van der Waals surface area contributed by atoms with Gasteiger partial charge in [0.2, 0.25) is 5.91 Å². The molecule has 1 heterocycles. The van der Waals surface area contributed by atoms with Gasteiger partial charge in [-0.2, -0.15) is 0 Å². The molecule has 112 valence electrons. The van der Waals surface area contributed by atoms with Crippen LogP contribution >= 0.6 is 0 Å². The van der Waals surface area contributed by atoms with Crippen LogP contribution in [0.4, 0.5) is 9.18 Å². The Morgan fingerprint density at radius 3 is 2.24 bits per heavy atom. The molecular formula is C15H18FN3O2. The zero-order valence-corrected chi connectivity index (χ0v) is 11.9. The highest BCUT2D eigenvalue weighted by molar-refractivity contribution is 5.77. The molecule has 1 aromatic rings. The van der Waals surface area contributed by atoms with Crippen LogP contribution in [0.15, 0.2) is 30.5 Å². The quantitative estimate of drug-likeness (QED) is 0.901. The summed E-state index contributed by atoms with van der Waals surface area (Å²) in [5.41, 5.74) is 0.804. The Hall–Kier alpha value is -2.37. The molecule has 21 heavy (non-hydrogen) atoms. The van der Waals surface area contributed by atoms with Crippen LogP contribution in [0.25, 0.3) is 6.08 Å². The Kier molecular flexibility index (Phi) is 4.92. The molecule has 0 atom stereocenters. The predicted octanol–water partition coefficient (Wildman–Crippen LogP) is 1.67. The van der Waals surface area contributed by atoms with Gasteiger partial charge < -0.3 is 15.1 Å². The van der Waals surface area contributed by atoms with Crippen LogP contribution in [0, 0.1) is 5.82 Å². The zero-order chi connectivity index (χ0) is 15.2. The molecule has 0 bridgehead atoms. The molecule has 1 saturated heterocycles. The second-order valence-electron chi connectivity index (χ2n) is 4.83. The van der Waals surface area contributed by atoms with E-state index in [1.807, 2.05) is 0 Å². The minimum atomic E-state index is -0.292. The lowest BCUT2D eigenvalue weighted by atomic mass is 10.2. The fourth-order valence-electron chi connectivity index (χ4n) is 2.10. The molecule has 5 nitrogen and oxygen atoms in total. The van der Waals surface area contributed by atoms with Crippen molar-refractivity contribution in [1.82, 2.24) is 15.1 Å². The molecule has 2 rings (SSSR count). The van der Waals surface area contributed by atoms with Crippen molar-refractivity contribution in [3.63, 3.8) is 0 Å². The van der Waals surface area contributed by atoms with Crippen molar-refractivity contribution in [1.29, 1.82) is 0 Å². The molecule has 0 aromatic heterocycles. The van der Waals surface area contributed by atoms with Gasteiger partial charge in [0, 0.05) is 39.3 Å². The van der Waals surface area contributed by atoms with Crippen molar-refractivity contribution in [2.75, 3.05) is 26.2 Å². The van der Waals surface area contributed by atoms with E-state index in [4.69, 9.17) is 0 Å². The van der Waals surface area contributed by atoms with E-state index in [0.717, 1.165) is 5.56 Å². The smallest absolute Gasteiger partial charge is 0.321 e. The summed E-state index contributed by atoms with van der Waals surface area (Å²) in [6, 6.07) is 5.79. The third-order valence-corrected chi connectivity index (χ3v) is 3.36. The summed E-state index contributed by atoms with van der Waals surface area (Å²) >= 11 is 0. The molecule has 1 N–H and O–H groups in total. The van der Waals surface area contributed by atoms with E-state index in [0.29, 0.717) is 26.2 Å². The van der Waals surface area contributed by atoms with E-state index in [1.165, 1.54) is 25.3 Å². The number of nitrogens with zero attached hydrogens (tertiary/aromatic N) is 2. The molecule has 1 aliphatic rings. The van der Waals surface area contributed by atoms with Crippen LogP contribution in [0.5, 0.6) is 0 Å².